The van der Waals surface area contributed by atoms with Crippen molar-refractivity contribution in [2.24, 2.45) is 0 Å². The van der Waals surface area contributed by atoms with E-state index >= 15 is 0 Å². The van der Waals surface area contributed by atoms with Crippen molar-refractivity contribution in [3.63, 3.8) is 0 Å². The summed E-state index contributed by atoms with van der Waals surface area (Å²) >= 11 is 1.44. The largest absolute Gasteiger partial charge is 0.388 e. The second-order valence-corrected chi connectivity index (χ2v) is 6.50. The van der Waals surface area contributed by atoms with Crippen LogP contribution in [-0.2, 0) is 12.8 Å². The first-order valence-corrected chi connectivity index (χ1v) is 8.31. The number of rotatable bonds is 6. The molecular formula is C18H18N2O2S. The van der Waals surface area contributed by atoms with Gasteiger partial charge in [-0.1, -0.05) is 60.7 Å². The van der Waals surface area contributed by atoms with E-state index in [0.717, 1.165) is 21.1 Å². The van der Waals surface area contributed by atoms with E-state index in [2.05, 4.69) is 10.2 Å². The van der Waals surface area contributed by atoms with Crippen LogP contribution in [0.25, 0.3) is 0 Å². The van der Waals surface area contributed by atoms with Crippen LogP contribution in [-0.4, -0.2) is 20.4 Å². The lowest BCUT2D eigenvalue weighted by molar-refractivity contribution is 0.177. The van der Waals surface area contributed by atoms with E-state index < -0.39 is 12.2 Å². The summed E-state index contributed by atoms with van der Waals surface area (Å²) in [6.07, 6.45) is -0.307. The summed E-state index contributed by atoms with van der Waals surface area (Å²) in [6, 6.07) is 19.0. The third-order valence-electron chi connectivity index (χ3n) is 3.61. The highest BCUT2D eigenvalue weighted by molar-refractivity contribution is 7.11. The van der Waals surface area contributed by atoms with Crippen molar-refractivity contribution in [1.82, 2.24) is 10.2 Å². The van der Waals surface area contributed by atoms with Gasteiger partial charge in [-0.15, -0.1) is 21.5 Å². The Balaban J connectivity index is 1.62. The number of benzene rings is 2. The van der Waals surface area contributed by atoms with Gasteiger partial charge in [0.2, 0.25) is 0 Å². The molecule has 0 saturated heterocycles. The number of hydrogen-bond acceptors (Lipinski definition) is 5. The van der Waals surface area contributed by atoms with Gasteiger partial charge >= 0.3 is 0 Å². The minimum atomic E-state index is -0.587. The standard InChI is InChI=1S/C18H18N2O2S/c21-15(13-7-3-1-4-8-13)11-17-19-20-18(23-17)12-16(22)14-9-5-2-6-10-14/h1-10,15-16,21-22H,11-12H2. The smallest absolute Gasteiger partial charge is 0.120 e. The average molecular weight is 326 g/mol. The third-order valence-corrected chi connectivity index (χ3v) is 4.58. The van der Waals surface area contributed by atoms with Crippen molar-refractivity contribution >= 4 is 11.3 Å². The molecular weight excluding hydrogens is 308 g/mol. The molecule has 4 nitrogen and oxygen atoms in total. The number of aliphatic hydroxyl groups is 2. The molecule has 1 aromatic heterocycles. The molecule has 0 aliphatic heterocycles. The minimum absolute atomic E-state index is 0.434. The molecule has 2 atom stereocenters. The Hall–Kier alpha value is -2.08. The number of aliphatic hydroxyl groups excluding tert-OH is 2. The maximum absolute atomic E-state index is 10.2. The second-order valence-electron chi connectivity index (χ2n) is 5.35. The first-order valence-electron chi connectivity index (χ1n) is 7.49. The zero-order chi connectivity index (χ0) is 16.1. The lowest BCUT2D eigenvalue weighted by Gasteiger charge is -2.08. The van der Waals surface area contributed by atoms with Crippen molar-refractivity contribution in [2.45, 2.75) is 25.0 Å². The van der Waals surface area contributed by atoms with Gasteiger partial charge in [0, 0.05) is 12.8 Å². The quantitative estimate of drug-likeness (QED) is 0.730. The van der Waals surface area contributed by atoms with Crippen LogP contribution in [0, 0.1) is 0 Å². The SMILES string of the molecule is OC(Cc1nnc(CC(O)c2ccccc2)s1)c1ccccc1. The number of nitrogens with zero attached hydrogens (tertiary/aromatic N) is 2. The molecule has 3 rings (SSSR count). The number of aromatic nitrogens is 2. The molecule has 2 N–H and O–H groups in total. The van der Waals surface area contributed by atoms with Crippen molar-refractivity contribution in [2.75, 3.05) is 0 Å². The van der Waals surface area contributed by atoms with Crippen LogP contribution in [0.3, 0.4) is 0 Å². The van der Waals surface area contributed by atoms with E-state index in [1.54, 1.807) is 0 Å². The molecule has 23 heavy (non-hydrogen) atoms. The molecule has 0 radical (unpaired) electrons. The van der Waals surface area contributed by atoms with Gasteiger partial charge in [0.05, 0.1) is 12.2 Å². The molecule has 0 amide bonds. The molecule has 0 aliphatic rings. The minimum Gasteiger partial charge on any atom is -0.388 e. The van der Waals surface area contributed by atoms with E-state index in [-0.39, 0.29) is 0 Å². The van der Waals surface area contributed by atoms with Crippen LogP contribution in [0.5, 0.6) is 0 Å². The predicted molar refractivity (Wildman–Crippen MR) is 90.1 cm³/mol. The highest BCUT2D eigenvalue weighted by Crippen LogP contribution is 2.23. The normalized spacial score (nSPS) is 13.7. The summed E-state index contributed by atoms with van der Waals surface area (Å²) < 4.78 is 0. The van der Waals surface area contributed by atoms with E-state index in [4.69, 9.17) is 0 Å². The summed E-state index contributed by atoms with van der Waals surface area (Å²) in [7, 11) is 0. The fraction of sp³-hybridized carbons (Fsp3) is 0.222. The maximum atomic E-state index is 10.2. The topological polar surface area (TPSA) is 66.2 Å². The Morgan fingerprint density at radius 3 is 1.48 bits per heavy atom. The van der Waals surface area contributed by atoms with Gasteiger partial charge in [-0.05, 0) is 11.1 Å². The van der Waals surface area contributed by atoms with Gasteiger partial charge in [-0.25, -0.2) is 0 Å². The van der Waals surface area contributed by atoms with Crippen LogP contribution in [0.1, 0.15) is 33.4 Å². The molecule has 0 spiro atoms. The fourth-order valence-corrected chi connectivity index (χ4v) is 3.29. The average Bonchev–Trinajstić information content (AvgIpc) is 3.03. The first-order chi connectivity index (χ1) is 11.2. The highest BCUT2D eigenvalue weighted by atomic mass is 32.1. The Morgan fingerprint density at radius 1 is 0.696 bits per heavy atom. The fourth-order valence-electron chi connectivity index (χ4n) is 2.37. The van der Waals surface area contributed by atoms with Gasteiger partial charge in [-0.2, -0.15) is 0 Å². The Bertz CT molecular complexity index is 669. The summed E-state index contributed by atoms with van der Waals surface area (Å²) in [5, 5.41) is 30.3. The molecule has 5 heteroatoms. The number of hydrogen-bond donors (Lipinski definition) is 2. The van der Waals surface area contributed by atoms with Crippen molar-refractivity contribution in [3.05, 3.63) is 81.8 Å². The van der Waals surface area contributed by atoms with E-state index in [1.807, 2.05) is 60.7 Å². The van der Waals surface area contributed by atoms with Gasteiger partial charge in [-0.3, -0.25) is 0 Å². The molecule has 0 saturated carbocycles. The molecule has 0 fully saturated rings. The lowest BCUT2D eigenvalue weighted by Crippen LogP contribution is -2.01. The molecule has 3 aromatic rings. The molecule has 0 bridgehead atoms. The summed E-state index contributed by atoms with van der Waals surface area (Å²) in [5.41, 5.74) is 1.74. The summed E-state index contributed by atoms with van der Waals surface area (Å²) in [4.78, 5) is 0. The molecule has 2 aromatic carbocycles. The zero-order valence-corrected chi connectivity index (χ0v) is 13.4. The van der Waals surface area contributed by atoms with Crippen molar-refractivity contribution in [3.8, 4) is 0 Å². The van der Waals surface area contributed by atoms with Crippen LogP contribution in [0.4, 0.5) is 0 Å². The third kappa shape index (κ3) is 4.22. The lowest BCUT2D eigenvalue weighted by atomic mass is 10.1. The van der Waals surface area contributed by atoms with Gasteiger partial charge in [0.1, 0.15) is 10.0 Å². The van der Waals surface area contributed by atoms with Crippen molar-refractivity contribution < 1.29 is 10.2 Å². The molecule has 118 valence electrons. The summed E-state index contributed by atoms with van der Waals surface area (Å²) in [6.45, 7) is 0. The zero-order valence-electron chi connectivity index (χ0n) is 12.5. The van der Waals surface area contributed by atoms with Crippen LogP contribution < -0.4 is 0 Å². The van der Waals surface area contributed by atoms with Crippen molar-refractivity contribution in [1.29, 1.82) is 0 Å². The monoisotopic (exact) mass is 326 g/mol. The van der Waals surface area contributed by atoms with E-state index in [0.29, 0.717) is 12.8 Å². The molecule has 1 heterocycles. The highest BCUT2D eigenvalue weighted by Gasteiger charge is 2.15. The second kappa shape index (κ2) is 7.46. The Morgan fingerprint density at radius 2 is 1.09 bits per heavy atom. The van der Waals surface area contributed by atoms with Crippen LogP contribution >= 0.6 is 11.3 Å². The van der Waals surface area contributed by atoms with Gasteiger partial charge in [0.25, 0.3) is 0 Å². The first kappa shape index (κ1) is 15.8. The van der Waals surface area contributed by atoms with Gasteiger partial charge < -0.3 is 10.2 Å². The Labute approximate surface area is 139 Å². The van der Waals surface area contributed by atoms with E-state index in [9.17, 15) is 10.2 Å². The maximum Gasteiger partial charge on any atom is 0.120 e. The molecule has 0 aliphatic carbocycles. The van der Waals surface area contributed by atoms with Gasteiger partial charge in [0.15, 0.2) is 0 Å². The van der Waals surface area contributed by atoms with E-state index in [1.165, 1.54) is 11.3 Å². The molecule has 2 unspecified atom stereocenters. The van der Waals surface area contributed by atoms with Crippen LogP contribution in [0.2, 0.25) is 0 Å². The summed E-state index contributed by atoms with van der Waals surface area (Å²) in [5.74, 6) is 0. The predicted octanol–water partition coefficient (Wildman–Crippen LogP) is 3.09. The Kier molecular flexibility index (Phi) is 5.12. The van der Waals surface area contributed by atoms with Crippen LogP contribution in [0.15, 0.2) is 60.7 Å².